The third-order valence-corrected chi connectivity index (χ3v) is 8.08. The van der Waals surface area contributed by atoms with Gasteiger partial charge in [0.15, 0.2) is 0 Å². The van der Waals surface area contributed by atoms with Gasteiger partial charge in [-0.05, 0) is 40.0 Å². The Balaban J connectivity index is 1.55. The number of aromatic nitrogens is 3. The molecule has 2 saturated heterocycles. The first-order valence-electron chi connectivity index (χ1n) is 13.9. The molecule has 0 radical (unpaired) electrons. The minimum atomic E-state index is -4.95. The number of nitrogens with zero attached hydrogens (tertiary/aromatic N) is 5. The van der Waals surface area contributed by atoms with Gasteiger partial charge in [-0.3, -0.25) is 14.5 Å². The van der Waals surface area contributed by atoms with E-state index in [1.807, 2.05) is 37.6 Å². The number of pyridine rings is 1. The van der Waals surface area contributed by atoms with Gasteiger partial charge in [0.25, 0.3) is 5.91 Å². The van der Waals surface area contributed by atoms with Crippen LogP contribution in [0.3, 0.4) is 0 Å². The maximum absolute atomic E-state index is 15.8. The Bertz CT molecular complexity index is 1530. The van der Waals surface area contributed by atoms with Crippen LogP contribution in [-0.4, -0.2) is 83.8 Å². The molecule has 0 saturated carbocycles. The maximum atomic E-state index is 15.8. The Morgan fingerprint density at radius 2 is 1.74 bits per heavy atom. The van der Waals surface area contributed by atoms with Crippen LogP contribution in [0.2, 0.25) is 0 Å². The second-order valence-corrected chi connectivity index (χ2v) is 11.1. The number of nitrogens with one attached hydrogen (secondary N) is 2. The Morgan fingerprint density at radius 3 is 2.37 bits per heavy atom. The molecule has 2 fully saturated rings. The number of aromatic amines is 1. The number of benzene rings is 1. The lowest BCUT2D eigenvalue weighted by atomic mass is 10.0. The van der Waals surface area contributed by atoms with Gasteiger partial charge in [-0.15, -0.1) is 0 Å². The van der Waals surface area contributed by atoms with Gasteiger partial charge in [-0.1, -0.05) is 0 Å². The van der Waals surface area contributed by atoms with Crippen molar-refractivity contribution in [2.24, 2.45) is 0 Å². The molecule has 3 atom stereocenters. The summed E-state index contributed by atoms with van der Waals surface area (Å²) in [6, 6.07) is 3.20. The first-order valence-corrected chi connectivity index (χ1v) is 13.9. The number of alkyl halides is 3. The van der Waals surface area contributed by atoms with E-state index in [4.69, 9.17) is 4.74 Å². The average Bonchev–Trinajstić information content (AvgIpc) is 2.96. The number of carbonyl (C=O) groups is 1. The third kappa shape index (κ3) is 6.34. The smallest absolute Gasteiger partial charge is 0.377 e. The Labute approximate surface area is 245 Å². The summed E-state index contributed by atoms with van der Waals surface area (Å²) < 4.78 is 62.4. The van der Waals surface area contributed by atoms with Crippen LogP contribution < -0.4 is 20.7 Å². The second-order valence-electron chi connectivity index (χ2n) is 11.1. The highest BCUT2D eigenvalue weighted by atomic mass is 19.4. The number of anilines is 3. The van der Waals surface area contributed by atoms with Crippen LogP contribution in [0.5, 0.6) is 0 Å². The molecule has 5 rings (SSSR count). The molecule has 2 aromatic heterocycles. The molecular formula is C29H33F4N7O3. The molecule has 43 heavy (non-hydrogen) atoms. The van der Waals surface area contributed by atoms with Gasteiger partial charge in [-0.2, -0.15) is 13.2 Å². The van der Waals surface area contributed by atoms with Gasteiger partial charge in [0.2, 0.25) is 11.5 Å². The number of morpholine rings is 1. The van der Waals surface area contributed by atoms with E-state index in [9.17, 15) is 22.8 Å². The molecule has 230 valence electrons. The number of hydrogen-bond acceptors (Lipinski definition) is 8. The molecule has 2 N–H and O–H groups in total. The SMILES string of the molecule is CC1COCCN1c1ncc(-c2cc(NC(=O)c3c[nH]c(=O)cc3C(F)(F)F)c(N3CC(C)N(C)C(C)C3)cc2F)cn1. The van der Waals surface area contributed by atoms with Crippen LogP contribution in [0.1, 0.15) is 36.7 Å². The van der Waals surface area contributed by atoms with E-state index in [0.717, 1.165) is 6.20 Å². The van der Waals surface area contributed by atoms with Gasteiger partial charge < -0.3 is 24.8 Å². The highest BCUT2D eigenvalue weighted by Gasteiger charge is 2.36. The van der Waals surface area contributed by atoms with Crippen molar-refractivity contribution in [3.8, 4) is 11.1 Å². The lowest BCUT2D eigenvalue weighted by molar-refractivity contribution is -0.138. The molecule has 14 heteroatoms. The molecule has 1 amide bonds. The molecule has 1 aromatic carbocycles. The van der Waals surface area contributed by atoms with Crippen molar-refractivity contribution in [3.63, 3.8) is 0 Å². The average molecular weight is 604 g/mol. The van der Waals surface area contributed by atoms with E-state index in [1.54, 1.807) is 0 Å². The fraction of sp³-hybridized carbons (Fsp3) is 0.448. The Kier molecular flexibility index (Phi) is 8.43. The van der Waals surface area contributed by atoms with Crippen molar-refractivity contribution in [2.75, 3.05) is 55.0 Å². The number of H-pyrrole nitrogens is 1. The number of hydrogen-bond donors (Lipinski definition) is 2. The van der Waals surface area contributed by atoms with E-state index in [1.165, 1.54) is 24.5 Å². The van der Waals surface area contributed by atoms with Crippen molar-refractivity contribution >= 4 is 23.2 Å². The van der Waals surface area contributed by atoms with Crippen molar-refractivity contribution in [2.45, 2.75) is 45.1 Å². The van der Waals surface area contributed by atoms with E-state index < -0.39 is 34.6 Å². The van der Waals surface area contributed by atoms with Crippen molar-refractivity contribution in [1.82, 2.24) is 19.9 Å². The number of ether oxygens (including phenoxy) is 1. The minimum Gasteiger partial charge on any atom is -0.377 e. The summed E-state index contributed by atoms with van der Waals surface area (Å²) in [7, 11) is 1.98. The summed E-state index contributed by atoms with van der Waals surface area (Å²) in [5.41, 5.74) is -2.33. The number of likely N-dealkylation sites (N-methyl/N-ethyl adjacent to an activating group) is 1. The monoisotopic (exact) mass is 603 g/mol. The quantitative estimate of drug-likeness (QED) is 0.422. The lowest BCUT2D eigenvalue weighted by Gasteiger charge is -2.44. The fourth-order valence-corrected chi connectivity index (χ4v) is 5.46. The van der Waals surface area contributed by atoms with Gasteiger partial charge in [0.1, 0.15) is 5.82 Å². The molecule has 2 aliphatic heterocycles. The number of rotatable bonds is 5. The highest BCUT2D eigenvalue weighted by Crippen LogP contribution is 2.37. The number of piperazine rings is 1. The standard InChI is InChI=1S/C29H33F4N7O3/c1-16-13-39(14-17(2)38(16)4)25-9-23(30)20(19-10-35-28(36-11-19)40-5-6-43-15-18(40)3)7-24(25)37-27(42)21-12-34-26(41)8-22(21)29(31,32)33/h7-12,16-18H,5-6,13-15H2,1-4H3,(H,34,41)(H,37,42). The fourth-order valence-electron chi connectivity index (χ4n) is 5.46. The first kappa shape index (κ1) is 30.4. The molecule has 2 aliphatic rings. The zero-order valence-corrected chi connectivity index (χ0v) is 24.2. The maximum Gasteiger partial charge on any atom is 0.417 e. The van der Waals surface area contributed by atoms with Gasteiger partial charge >= 0.3 is 6.18 Å². The Hall–Kier alpha value is -4.04. The largest absolute Gasteiger partial charge is 0.417 e. The topological polar surface area (TPSA) is 107 Å². The van der Waals surface area contributed by atoms with E-state index >= 15 is 4.39 Å². The zero-order valence-electron chi connectivity index (χ0n) is 24.2. The lowest BCUT2D eigenvalue weighted by Crippen LogP contribution is -2.55. The predicted octanol–water partition coefficient (Wildman–Crippen LogP) is 4.00. The first-order chi connectivity index (χ1) is 20.3. The van der Waals surface area contributed by atoms with E-state index in [0.29, 0.717) is 56.1 Å². The van der Waals surface area contributed by atoms with Crippen molar-refractivity contribution < 1.29 is 27.1 Å². The highest BCUT2D eigenvalue weighted by molar-refractivity contribution is 6.07. The van der Waals surface area contributed by atoms with E-state index in [-0.39, 0.29) is 29.4 Å². The van der Waals surface area contributed by atoms with Gasteiger partial charge in [-0.25, -0.2) is 14.4 Å². The molecule has 0 spiro atoms. The molecule has 3 aromatic rings. The second kappa shape index (κ2) is 11.9. The van der Waals surface area contributed by atoms with Crippen LogP contribution >= 0.6 is 0 Å². The van der Waals surface area contributed by atoms with Gasteiger partial charge in [0.05, 0.1) is 41.8 Å². The summed E-state index contributed by atoms with van der Waals surface area (Å²) in [5, 5.41) is 2.56. The van der Waals surface area contributed by atoms with Crippen LogP contribution in [0.15, 0.2) is 41.6 Å². The summed E-state index contributed by atoms with van der Waals surface area (Å²) in [6.07, 6.45) is -1.28. The molecular weight excluding hydrogens is 570 g/mol. The summed E-state index contributed by atoms with van der Waals surface area (Å²) >= 11 is 0. The third-order valence-electron chi connectivity index (χ3n) is 8.08. The van der Waals surface area contributed by atoms with Crippen LogP contribution in [0.4, 0.5) is 34.9 Å². The zero-order chi connectivity index (χ0) is 31.1. The minimum absolute atomic E-state index is 0.0559. The van der Waals surface area contributed by atoms with Gasteiger partial charge in [0, 0.05) is 67.5 Å². The number of halogens is 4. The molecule has 0 aliphatic carbocycles. The normalized spacial score (nSPS) is 21.6. The summed E-state index contributed by atoms with van der Waals surface area (Å²) in [5.74, 6) is -1.25. The van der Waals surface area contributed by atoms with Crippen LogP contribution in [0.25, 0.3) is 11.1 Å². The van der Waals surface area contributed by atoms with Crippen LogP contribution in [-0.2, 0) is 10.9 Å². The van der Waals surface area contributed by atoms with Crippen molar-refractivity contribution in [1.29, 1.82) is 0 Å². The molecule has 0 bridgehead atoms. The van der Waals surface area contributed by atoms with Crippen LogP contribution in [0, 0.1) is 5.82 Å². The Morgan fingerprint density at radius 1 is 1.07 bits per heavy atom. The summed E-state index contributed by atoms with van der Waals surface area (Å²) in [4.78, 5) is 42.0. The number of carbonyl (C=O) groups excluding carboxylic acids is 1. The molecule has 3 unspecified atom stereocenters. The molecule has 10 nitrogen and oxygen atoms in total. The van der Waals surface area contributed by atoms with Crippen molar-refractivity contribution in [3.05, 3.63) is 64.1 Å². The summed E-state index contributed by atoms with van der Waals surface area (Å²) in [6.45, 7) is 8.64. The predicted molar refractivity (Wildman–Crippen MR) is 154 cm³/mol. The number of amides is 1. The molecule has 4 heterocycles. The van der Waals surface area contributed by atoms with E-state index in [2.05, 4.69) is 25.2 Å².